The van der Waals surface area contributed by atoms with Gasteiger partial charge in [0.2, 0.25) is 0 Å². The van der Waals surface area contributed by atoms with Gasteiger partial charge in [0, 0.05) is 19.5 Å². The molecule has 0 amide bonds. The number of aliphatic hydroxyl groups is 1. The van der Waals surface area contributed by atoms with Gasteiger partial charge >= 0.3 is 0 Å². The lowest BCUT2D eigenvalue weighted by atomic mass is 10.3. The molecule has 0 radical (unpaired) electrons. The number of halogens is 2. The van der Waals surface area contributed by atoms with E-state index in [0.29, 0.717) is 13.1 Å². The number of likely N-dealkylation sites (tertiary alicyclic amines) is 1. The van der Waals surface area contributed by atoms with Crippen molar-refractivity contribution in [1.29, 1.82) is 0 Å². The lowest BCUT2D eigenvalue weighted by Gasteiger charge is -2.16. The van der Waals surface area contributed by atoms with Crippen LogP contribution in [0.3, 0.4) is 0 Å². The first-order valence-corrected chi connectivity index (χ1v) is 3.78. The zero-order valence-electron chi connectivity index (χ0n) is 6.56. The minimum atomic E-state index is -2.53. The van der Waals surface area contributed by atoms with Gasteiger partial charge in [-0.1, -0.05) is 0 Å². The zero-order chi connectivity index (χ0) is 8.48. The number of alkyl halides is 2. The molecule has 0 aromatic carbocycles. The number of aliphatic hydroxyl groups excluding tert-OH is 1. The van der Waals surface area contributed by atoms with Crippen LogP contribution in [0.4, 0.5) is 8.78 Å². The van der Waals surface area contributed by atoms with E-state index in [2.05, 4.69) is 0 Å². The molecule has 0 aliphatic carbocycles. The highest BCUT2D eigenvalue weighted by Gasteiger charge is 2.38. The van der Waals surface area contributed by atoms with Crippen molar-refractivity contribution in [3.05, 3.63) is 0 Å². The molecule has 2 nitrogen and oxygen atoms in total. The van der Waals surface area contributed by atoms with E-state index in [1.54, 1.807) is 11.8 Å². The third-order valence-electron chi connectivity index (χ3n) is 1.77. The van der Waals surface area contributed by atoms with Crippen molar-refractivity contribution in [1.82, 2.24) is 4.90 Å². The van der Waals surface area contributed by atoms with Crippen LogP contribution in [0.1, 0.15) is 13.3 Å². The molecule has 1 heterocycles. The van der Waals surface area contributed by atoms with Crippen molar-refractivity contribution < 1.29 is 13.9 Å². The molecule has 66 valence electrons. The fourth-order valence-electron chi connectivity index (χ4n) is 1.34. The summed E-state index contributed by atoms with van der Waals surface area (Å²) in [5, 5.41) is 8.90. The van der Waals surface area contributed by atoms with Crippen LogP contribution < -0.4 is 0 Å². The van der Waals surface area contributed by atoms with Gasteiger partial charge < -0.3 is 5.11 Å². The van der Waals surface area contributed by atoms with E-state index in [4.69, 9.17) is 5.11 Å². The highest BCUT2D eigenvalue weighted by molar-refractivity contribution is 4.82. The number of nitrogens with zero attached hydrogens (tertiary/aromatic N) is 1. The summed E-state index contributed by atoms with van der Waals surface area (Å²) in [7, 11) is 0. The van der Waals surface area contributed by atoms with Gasteiger partial charge in [-0.2, -0.15) is 0 Å². The molecule has 1 rings (SSSR count). The van der Waals surface area contributed by atoms with Crippen LogP contribution in [-0.4, -0.2) is 41.7 Å². The average Bonchev–Trinajstić information content (AvgIpc) is 2.08. The summed E-state index contributed by atoms with van der Waals surface area (Å²) >= 11 is 0. The smallest absolute Gasteiger partial charge is 0.261 e. The molecule has 0 bridgehead atoms. The summed E-state index contributed by atoms with van der Waals surface area (Å²) in [6.45, 7) is 2.17. The van der Waals surface area contributed by atoms with Gasteiger partial charge in [-0.15, -0.1) is 0 Å². The van der Waals surface area contributed by atoms with Crippen LogP contribution in [0.25, 0.3) is 0 Å². The van der Waals surface area contributed by atoms with Gasteiger partial charge in [0.25, 0.3) is 5.92 Å². The van der Waals surface area contributed by atoms with Gasteiger partial charge in [0.15, 0.2) is 0 Å². The predicted octanol–water partition coefficient (Wildman–Crippen LogP) is 0.708. The summed E-state index contributed by atoms with van der Waals surface area (Å²) in [4.78, 5) is 1.59. The molecule has 0 aromatic heterocycles. The van der Waals surface area contributed by atoms with Crippen molar-refractivity contribution in [2.75, 3.05) is 19.6 Å². The Balaban J connectivity index is 2.31. The average molecular weight is 165 g/mol. The molecule has 0 aromatic rings. The second kappa shape index (κ2) is 3.03. The lowest BCUT2D eigenvalue weighted by molar-refractivity contribution is 0.00836. The van der Waals surface area contributed by atoms with Gasteiger partial charge in [0.1, 0.15) is 0 Å². The second-order valence-electron chi connectivity index (χ2n) is 3.19. The third kappa shape index (κ3) is 2.71. The molecule has 1 aliphatic rings. The van der Waals surface area contributed by atoms with Gasteiger partial charge in [-0.3, -0.25) is 4.90 Å². The van der Waals surface area contributed by atoms with Crippen LogP contribution in [0.2, 0.25) is 0 Å². The summed E-state index contributed by atoms with van der Waals surface area (Å²) in [6, 6.07) is 0. The maximum absolute atomic E-state index is 12.5. The summed E-state index contributed by atoms with van der Waals surface area (Å²) < 4.78 is 25.0. The largest absolute Gasteiger partial charge is 0.392 e. The predicted molar refractivity (Wildman–Crippen MR) is 37.7 cm³/mol. The third-order valence-corrected chi connectivity index (χ3v) is 1.77. The van der Waals surface area contributed by atoms with E-state index < -0.39 is 12.0 Å². The first-order chi connectivity index (χ1) is 4.99. The van der Waals surface area contributed by atoms with Crippen molar-refractivity contribution in [3.63, 3.8) is 0 Å². The van der Waals surface area contributed by atoms with E-state index in [-0.39, 0.29) is 13.0 Å². The van der Waals surface area contributed by atoms with E-state index in [1.807, 2.05) is 0 Å². The topological polar surface area (TPSA) is 23.5 Å². The fourth-order valence-corrected chi connectivity index (χ4v) is 1.34. The molecular weight excluding hydrogens is 152 g/mol. The molecule has 1 N–H and O–H groups in total. The van der Waals surface area contributed by atoms with E-state index in [1.165, 1.54) is 0 Å². The monoisotopic (exact) mass is 165 g/mol. The summed E-state index contributed by atoms with van der Waals surface area (Å²) in [5.74, 6) is -2.53. The van der Waals surface area contributed by atoms with Gasteiger partial charge in [0.05, 0.1) is 12.6 Å². The second-order valence-corrected chi connectivity index (χ2v) is 3.19. The molecule has 0 saturated carbocycles. The minimum absolute atomic E-state index is 0.0697. The normalized spacial score (nSPS) is 27.3. The molecule has 4 heteroatoms. The summed E-state index contributed by atoms with van der Waals surface area (Å²) in [5.41, 5.74) is 0. The van der Waals surface area contributed by atoms with Crippen molar-refractivity contribution in [2.45, 2.75) is 25.4 Å². The Labute approximate surface area is 64.8 Å². The van der Waals surface area contributed by atoms with Crippen molar-refractivity contribution in [2.24, 2.45) is 0 Å². The number of hydrogen-bond acceptors (Lipinski definition) is 2. The molecule has 1 atom stereocenters. The van der Waals surface area contributed by atoms with Crippen LogP contribution in [0.15, 0.2) is 0 Å². The summed E-state index contributed by atoms with van der Waals surface area (Å²) in [6.07, 6.45) is -0.580. The van der Waals surface area contributed by atoms with Gasteiger partial charge in [-0.05, 0) is 6.92 Å². The molecule has 11 heavy (non-hydrogen) atoms. The first-order valence-electron chi connectivity index (χ1n) is 3.78. The van der Waals surface area contributed by atoms with Crippen LogP contribution in [0, 0.1) is 0 Å². The standard InChI is InChI=1S/C7H13F2NO/c1-6(11)4-10-3-2-7(8,9)5-10/h6,11H,2-5H2,1H3/t6-/m0/s1. The Kier molecular flexibility index (Phi) is 2.44. The van der Waals surface area contributed by atoms with Crippen LogP contribution in [0.5, 0.6) is 0 Å². The first kappa shape index (κ1) is 8.87. The quantitative estimate of drug-likeness (QED) is 0.651. The number of rotatable bonds is 2. The number of β-amino-alcohol motifs (C(OH)–C–C–N with tert-alkyl or cyclic N) is 1. The van der Waals surface area contributed by atoms with Crippen LogP contribution >= 0.6 is 0 Å². The van der Waals surface area contributed by atoms with E-state index >= 15 is 0 Å². The highest BCUT2D eigenvalue weighted by atomic mass is 19.3. The molecule has 1 aliphatic heterocycles. The van der Waals surface area contributed by atoms with Crippen molar-refractivity contribution >= 4 is 0 Å². The Morgan fingerprint density at radius 2 is 2.27 bits per heavy atom. The molecule has 1 saturated heterocycles. The molecule has 1 fully saturated rings. The van der Waals surface area contributed by atoms with E-state index in [9.17, 15) is 8.78 Å². The minimum Gasteiger partial charge on any atom is -0.392 e. The Morgan fingerprint density at radius 3 is 2.64 bits per heavy atom. The Morgan fingerprint density at radius 1 is 1.64 bits per heavy atom. The fraction of sp³-hybridized carbons (Fsp3) is 1.00. The van der Waals surface area contributed by atoms with Crippen LogP contribution in [-0.2, 0) is 0 Å². The zero-order valence-corrected chi connectivity index (χ0v) is 6.56. The molecule has 0 spiro atoms. The SMILES string of the molecule is C[C@H](O)CN1CCC(F)(F)C1. The lowest BCUT2D eigenvalue weighted by Crippen LogP contribution is -2.31. The molecule has 0 unspecified atom stereocenters. The van der Waals surface area contributed by atoms with Gasteiger partial charge in [-0.25, -0.2) is 8.78 Å². The maximum atomic E-state index is 12.5. The Bertz CT molecular complexity index is 138. The van der Waals surface area contributed by atoms with Crippen molar-refractivity contribution in [3.8, 4) is 0 Å². The highest BCUT2D eigenvalue weighted by Crippen LogP contribution is 2.26. The maximum Gasteiger partial charge on any atom is 0.261 e. The molecular formula is C7H13F2NO. The van der Waals surface area contributed by atoms with E-state index in [0.717, 1.165) is 0 Å². The Hall–Kier alpha value is -0.220. The number of hydrogen-bond donors (Lipinski definition) is 1.